The summed E-state index contributed by atoms with van der Waals surface area (Å²) in [6.45, 7) is 4.48. The maximum absolute atomic E-state index is 12.2. The van der Waals surface area contributed by atoms with Crippen LogP contribution < -0.4 is 16.4 Å². The number of thiophene rings is 1. The molecule has 8 nitrogen and oxygen atoms in total. The van der Waals surface area contributed by atoms with E-state index in [-0.39, 0.29) is 5.92 Å². The van der Waals surface area contributed by atoms with Gasteiger partial charge in [-0.1, -0.05) is 13.8 Å². The number of carbonyl (C=O) groups is 3. The number of methoxy groups -OCH3 is 1. The van der Waals surface area contributed by atoms with E-state index in [1.54, 1.807) is 13.8 Å². The van der Waals surface area contributed by atoms with E-state index in [4.69, 9.17) is 10.5 Å². The Hall–Kier alpha value is -2.13. The number of fused-ring (bicyclic) bond motifs is 1. The first-order chi connectivity index (χ1) is 11.3. The first kappa shape index (κ1) is 18.2. The maximum atomic E-state index is 12.2. The van der Waals surface area contributed by atoms with Crippen LogP contribution in [0.15, 0.2) is 0 Å². The van der Waals surface area contributed by atoms with Crippen molar-refractivity contribution in [2.45, 2.75) is 32.9 Å². The van der Waals surface area contributed by atoms with Gasteiger partial charge in [0.25, 0.3) is 5.91 Å². The molecule has 0 aliphatic carbocycles. The number of carbonyl (C=O) groups excluding carboxylic acids is 3. The zero-order chi connectivity index (χ0) is 17.9. The number of anilines is 1. The van der Waals surface area contributed by atoms with Crippen LogP contribution >= 0.6 is 11.3 Å². The molecule has 0 fully saturated rings. The van der Waals surface area contributed by atoms with E-state index in [2.05, 4.69) is 15.4 Å². The minimum atomic E-state index is -0.787. The quantitative estimate of drug-likeness (QED) is 0.687. The molecule has 0 saturated carbocycles. The Kier molecular flexibility index (Phi) is 5.79. The molecule has 2 heterocycles. The Balaban J connectivity index is 2.18. The average molecular weight is 355 g/mol. The molecule has 1 atom stereocenters. The maximum Gasteiger partial charge on any atom is 0.328 e. The molecule has 0 radical (unpaired) electrons. The molecule has 132 valence electrons. The van der Waals surface area contributed by atoms with E-state index in [1.165, 1.54) is 18.4 Å². The van der Waals surface area contributed by atoms with Gasteiger partial charge >= 0.3 is 12.0 Å². The van der Waals surface area contributed by atoms with Gasteiger partial charge in [-0.2, -0.15) is 0 Å². The highest BCUT2D eigenvalue weighted by Crippen LogP contribution is 2.36. The van der Waals surface area contributed by atoms with Gasteiger partial charge in [0.15, 0.2) is 0 Å². The molecule has 3 amide bonds. The average Bonchev–Trinajstić information content (AvgIpc) is 2.89. The third-order valence-electron chi connectivity index (χ3n) is 3.70. The van der Waals surface area contributed by atoms with Gasteiger partial charge in [0.05, 0.1) is 25.9 Å². The minimum Gasteiger partial charge on any atom is -0.467 e. The van der Waals surface area contributed by atoms with E-state index in [1.807, 2.05) is 0 Å². The lowest BCUT2D eigenvalue weighted by Gasteiger charge is -2.20. The fourth-order valence-electron chi connectivity index (χ4n) is 2.49. The normalized spacial score (nSPS) is 14.7. The smallest absolute Gasteiger partial charge is 0.328 e. The second-order valence-corrected chi connectivity index (χ2v) is 6.82. The van der Waals surface area contributed by atoms with Gasteiger partial charge in [-0.05, 0) is 17.9 Å². The molecule has 1 aromatic heterocycles. The number of nitrogens with two attached hydrogens (primary N) is 1. The Labute approximate surface area is 143 Å². The summed E-state index contributed by atoms with van der Waals surface area (Å²) in [5.74, 6) is -1.28. The summed E-state index contributed by atoms with van der Waals surface area (Å²) in [6.07, 6.45) is 0.574. The number of hydrogen-bond donors (Lipinski definition) is 3. The lowest BCUT2D eigenvalue weighted by atomic mass is 10.0. The second-order valence-electron chi connectivity index (χ2n) is 5.72. The molecule has 9 heteroatoms. The molecule has 4 N–H and O–H groups in total. The number of ether oxygens (including phenoxy) is 2. The number of nitrogens with one attached hydrogen (secondary N) is 2. The predicted octanol–water partition coefficient (Wildman–Crippen LogP) is 1.24. The summed E-state index contributed by atoms with van der Waals surface area (Å²) in [5.41, 5.74) is 6.59. The van der Waals surface area contributed by atoms with Crippen LogP contribution in [-0.4, -0.2) is 37.7 Å². The molecular weight excluding hydrogens is 334 g/mol. The number of primary amides is 1. The summed E-state index contributed by atoms with van der Waals surface area (Å²) >= 11 is 1.25. The molecule has 0 spiro atoms. The number of urea groups is 1. The van der Waals surface area contributed by atoms with Crippen LogP contribution in [0.1, 0.15) is 34.6 Å². The Morgan fingerprint density at radius 1 is 1.33 bits per heavy atom. The number of hydrogen-bond acceptors (Lipinski definition) is 6. The highest BCUT2D eigenvalue weighted by Gasteiger charge is 2.28. The molecular formula is C15H21N3O5S. The van der Waals surface area contributed by atoms with Gasteiger partial charge < -0.3 is 20.5 Å². The third kappa shape index (κ3) is 3.85. The SMILES string of the molecule is COC(=O)C(NC(=O)Nc1sc2c(c1C(N)=O)CCOC2)C(C)C. The van der Waals surface area contributed by atoms with Crippen LogP contribution in [0, 0.1) is 5.92 Å². The molecule has 24 heavy (non-hydrogen) atoms. The van der Waals surface area contributed by atoms with E-state index in [9.17, 15) is 14.4 Å². The van der Waals surface area contributed by atoms with Crippen LogP contribution in [0.2, 0.25) is 0 Å². The first-order valence-corrected chi connectivity index (χ1v) is 8.34. The van der Waals surface area contributed by atoms with Crippen LogP contribution in [0.5, 0.6) is 0 Å². The van der Waals surface area contributed by atoms with Gasteiger partial charge in [-0.15, -0.1) is 11.3 Å². The highest BCUT2D eigenvalue weighted by atomic mass is 32.1. The molecule has 0 saturated heterocycles. The van der Waals surface area contributed by atoms with Gasteiger partial charge in [0.2, 0.25) is 0 Å². The van der Waals surface area contributed by atoms with Gasteiger partial charge in [-0.25, -0.2) is 9.59 Å². The summed E-state index contributed by atoms with van der Waals surface area (Å²) in [5, 5.41) is 5.54. The second kappa shape index (κ2) is 7.63. The largest absolute Gasteiger partial charge is 0.467 e. The first-order valence-electron chi connectivity index (χ1n) is 7.52. The lowest BCUT2D eigenvalue weighted by Crippen LogP contribution is -2.46. The van der Waals surface area contributed by atoms with E-state index in [0.29, 0.717) is 30.2 Å². The summed E-state index contributed by atoms with van der Waals surface area (Å²) in [7, 11) is 1.26. The Morgan fingerprint density at radius 2 is 2.04 bits per heavy atom. The summed E-state index contributed by atoms with van der Waals surface area (Å²) in [6, 6.07) is -1.38. The zero-order valence-electron chi connectivity index (χ0n) is 13.8. The van der Waals surface area contributed by atoms with Crippen molar-refractivity contribution in [3.63, 3.8) is 0 Å². The van der Waals surface area contributed by atoms with Crippen molar-refractivity contribution in [2.24, 2.45) is 11.7 Å². The van der Waals surface area contributed by atoms with Gasteiger partial charge in [0.1, 0.15) is 11.0 Å². The molecule has 1 aliphatic rings. The number of esters is 1. The Bertz CT molecular complexity index is 656. The predicted molar refractivity (Wildman–Crippen MR) is 89.0 cm³/mol. The van der Waals surface area contributed by atoms with Crippen molar-refractivity contribution in [2.75, 3.05) is 19.0 Å². The molecule has 2 rings (SSSR count). The lowest BCUT2D eigenvalue weighted by molar-refractivity contribution is -0.143. The van der Waals surface area contributed by atoms with Crippen molar-refractivity contribution in [1.82, 2.24) is 5.32 Å². The van der Waals surface area contributed by atoms with Crippen molar-refractivity contribution in [1.29, 1.82) is 0 Å². The van der Waals surface area contributed by atoms with Crippen LogP contribution in [0.3, 0.4) is 0 Å². The number of rotatable bonds is 5. The molecule has 1 aromatic rings. The topological polar surface area (TPSA) is 120 Å². The molecule has 0 bridgehead atoms. The molecule has 0 aromatic carbocycles. The van der Waals surface area contributed by atoms with Gasteiger partial charge in [-0.3, -0.25) is 10.1 Å². The van der Waals surface area contributed by atoms with Crippen LogP contribution in [0.4, 0.5) is 9.80 Å². The van der Waals surface area contributed by atoms with Crippen molar-refractivity contribution in [3.05, 3.63) is 16.0 Å². The number of amides is 3. The third-order valence-corrected chi connectivity index (χ3v) is 4.82. The van der Waals surface area contributed by atoms with E-state index < -0.39 is 23.9 Å². The van der Waals surface area contributed by atoms with Crippen molar-refractivity contribution in [3.8, 4) is 0 Å². The molecule has 1 aliphatic heterocycles. The standard InChI is InChI=1S/C15H21N3O5S/c1-7(2)11(14(20)22-3)17-15(21)18-13-10(12(16)19)8-4-5-23-6-9(8)24-13/h7,11H,4-6H2,1-3H3,(H2,16,19)(H2,17,18,21). The summed E-state index contributed by atoms with van der Waals surface area (Å²) in [4.78, 5) is 36.6. The highest BCUT2D eigenvalue weighted by molar-refractivity contribution is 7.17. The molecule has 1 unspecified atom stereocenters. The fourth-order valence-corrected chi connectivity index (χ4v) is 3.67. The van der Waals surface area contributed by atoms with Crippen molar-refractivity contribution < 1.29 is 23.9 Å². The minimum absolute atomic E-state index is 0.149. The summed E-state index contributed by atoms with van der Waals surface area (Å²) < 4.78 is 10.0. The van der Waals surface area contributed by atoms with Crippen molar-refractivity contribution >= 4 is 34.2 Å². The van der Waals surface area contributed by atoms with Crippen LogP contribution in [0.25, 0.3) is 0 Å². The van der Waals surface area contributed by atoms with Gasteiger partial charge in [0, 0.05) is 4.88 Å². The fraction of sp³-hybridized carbons (Fsp3) is 0.533. The van der Waals surface area contributed by atoms with E-state index in [0.717, 1.165) is 10.4 Å². The van der Waals surface area contributed by atoms with Crippen LogP contribution in [-0.2, 0) is 27.3 Å². The Morgan fingerprint density at radius 3 is 2.62 bits per heavy atom. The van der Waals surface area contributed by atoms with E-state index >= 15 is 0 Å². The zero-order valence-corrected chi connectivity index (χ0v) is 14.6. The monoisotopic (exact) mass is 355 g/mol.